The van der Waals surface area contributed by atoms with E-state index in [1.807, 2.05) is 0 Å². The van der Waals surface area contributed by atoms with Gasteiger partial charge in [0.2, 0.25) is 0 Å². The van der Waals surface area contributed by atoms with Gasteiger partial charge in [-0.1, -0.05) is 0 Å². The standard InChI is InChI=1S/C20H24N4OS/c1-23-10-4-7-16(23)17-8-5-11-24(17)13-19(25)22-20-15(12-21)14-6-2-3-9-18(14)26-20/h4,7,10,17H,2-3,5-6,8-9,11,13H2,1H3,(H,22,25)/p+1/t17-/m1/s1. The molecule has 0 radical (unpaired) electrons. The number of rotatable bonds is 4. The van der Waals surface area contributed by atoms with E-state index >= 15 is 0 Å². The number of hydrogen-bond donors (Lipinski definition) is 2. The highest BCUT2D eigenvalue weighted by Crippen LogP contribution is 2.37. The summed E-state index contributed by atoms with van der Waals surface area (Å²) in [4.78, 5) is 15.3. The van der Waals surface area contributed by atoms with Crippen LogP contribution in [0.15, 0.2) is 18.3 Å². The lowest BCUT2D eigenvalue weighted by atomic mass is 9.96. The molecular formula is C20H25N4OS+. The molecule has 0 aromatic carbocycles. The molecule has 3 heterocycles. The van der Waals surface area contributed by atoms with Gasteiger partial charge in [0.05, 0.1) is 17.8 Å². The first-order valence-electron chi connectivity index (χ1n) is 9.47. The molecule has 1 fully saturated rings. The molecule has 26 heavy (non-hydrogen) atoms. The van der Waals surface area contributed by atoms with Crippen LogP contribution < -0.4 is 10.2 Å². The number of amides is 1. The van der Waals surface area contributed by atoms with E-state index in [1.165, 1.54) is 27.5 Å². The molecule has 0 bridgehead atoms. The number of anilines is 1. The van der Waals surface area contributed by atoms with E-state index < -0.39 is 0 Å². The molecule has 1 aliphatic carbocycles. The molecular weight excluding hydrogens is 344 g/mol. The number of likely N-dealkylation sites (tertiary alicyclic amines) is 1. The Kier molecular flexibility index (Phi) is 4.84. The van der Waals surface area contributed by atoms with Gasteiger partial charge in [-0.3, -0.25) is 4.79 Å². The summed E-state index contributed by atoms with van der Waals surface area (Å²) >= 11 is 1.61. The Labute approximate surface area is 158 Å². The monoisotopic (exact) mass is 369 g/mol. The van der Waals surface area contributed by atoms with Gasteiger partial charge in [0.15, 0.2) is 6.54 Å². The van der Waals surface area contributed by atoms with Gasteiger partial charge in [-0.25, -0.2) is 0 Å². The van der Waals surface area contributed by atoms with Gasteiger partial charge in [-0.15, -0.1) is 11.3 Å². The second kappa shape index (κ2) is 7.26. The van der Waals surface area contributed by atoms with E-state index in [2.05, 4.69) is 41.3 Å². The number of carbonyl (C=O) groups is 1. The average molecular weight is 370 g/mol. The van der Waals surface area contributed by atoms with Crippen molar-refractivity contribution in [2.24, 2.45) is 7.05 Å². The van der Waals surface area contributed by atoms with Gasteiger partial charge in [0.25, 0.3) is 5.91 Å². The van der Waals surface area contributed by atoms with Crippen LogP contribution in [0.3, 0.4) is 0 Å². The number of nitriles is 1. The maximum atomic E-state index is 12.7. The second-order valence-electron chi connectivity index (χ2n) is 7.40. The Bertz CT molecular complexity index is 860. The highest BCUT2D eigenvalue weighted by Gasteiger charge is 2.33. The summed E-state index contributed by atoms with van der Waals surface area (Å²) in [6.45, 7) is 1.48. The zero-order chi connectivity index (χ0) is 18.1. The summed E-state index contributed by atoms with van der Waals surface area (Å²) in [5, 5.41) is 13.4. The topological polar surface area (TPSA) is 62.3 Å². The predicted molar refractivity (Wildman–Crippen MR) is 102 cm³/mol. The van der Waals surface area contributed by atoms with Gasteiger partial charge in [-0.05, 0) is 43.4 Å². The summed E-state index contributed by atoms with van der Waals surface area (Å²) in [5.74, 6) is 0.0243. The maximum Gasteiger partial charge on any atom is 0.280 e. The minimum atomic E-state index is 0.0243. The fourth-order valence-corrected chi connectivity index (χ4v) is 5.72. The highest BCUT2D eigenvalue weighted by molar-refractivity contribution is 7.16. The van der Waals surface area contributed by atoms with Crippen molar-refractivity contribution in [2.45, 2.75) is 44.6 Å². The third-order valence-electron chi connectivity index (χ3n) is 5.75. The lowest BCUT2D eigenvalue weighted by molar-refractivity contribution is -0.910. The van der Waals surface area contributed by atoms with E-state index in [0.29, 0.717) is 18.2 Å². The second-order valence-corrected chi connectivity index (χ2v) is 8.50. The number of hydrogen-bond acceptors (Lipinski definition) is 3. The van der Waals surface area contributed by atoms with Gasteiger partial charge >= 0.3 is 0 Å². The number of aryl methyl sites for hydroxylation is 2. The molecule has 1 unspecified atom stereocenters. The van der Waals surface area contributed by atoms with Crippen LogP contribution in [0, 0.1) is 11.3 Å². The maximum absolute atomic E-state index is 12.7. The third kappa shape index (κ3) is 3.17. The molecule has 5 nitrogen and oxygen atoms in total. The minimum absolute atomic E-state index is 0.0243. The average Bonchev–Trinajstić information content (AvgIpc) is 3.32. The number of aromatic nitrogens is 1. The zero-order valence-electron chi connectivity index (χ0n) is 15.2. The zero-order valence-corrected chi connectivity index (χ0v) is 16.0. The van der Waals surface area contributed by atoms with Gasteiger partial charge < -0.3 is 14.8 Å². The molecule has 2 atom stereocenters. The molecule has 0 spiro atoms. The minimum Gasteiger partial charge on any atom is -0.350 e. The number of thiophene rings is 1. The molecule has 2 aromatic rings. The Balaban J connectivity index is 1.47. The number of fused-ring (bicyclic) bond motifs is 1. The SMILES string of the molecule is Cn1cccc1[C@H]1CCC[NH+]1CC(=O)Nc1sc2c(c1C#N)CCCC2. The fourth-order valence-electron chi connectivity index (χ4n) is 4.47. The molecule has 2 aromatic heterocycles. The van der Waals surface area contributed by atoms with Crippen molar-refractivity contribution in [2.75, 3.05) is 18.4 Å². The quantitative estimate of drug-likeness (QED) is 0.868. The Morgan fingerprint density at radius 3 is 3.04 bits per heavy atom. The third-order valence-corrected chi connectivity index (χ3v) is 6.96. The van der Waals surface area contributed by atoms with E-state index in [-0.39, 0.29) is 5.91 Å². The van der Waals surface area contributed by atoms with Crippen LogP contribution in [0.2, 0.25) is 0 Å². The van der Waals surface area contributed by atoms with Crippen molar-refractivity contribution in [1.29, 1.82) is 5.26 Å². The Morgan fingerprint density at radius 1 is 1.42 bits per heavy atom. The highest BCUT2D eigenvalue weighted by atomic mass is 32.1. The molecule has 1 aliphatic heterocycles. The van der Waals surface area contributed by atoms with Crippen LogP contribution in [0.25, 0.3) is 0 Å². The van der Waals surface area contributed by atoms with Gasteiger partial charge in [0, 0.05) is 31.0 Å². The van der Waals surface area contributed by atoms with E-state index in [0.717, 1.165) is 43.6 Å². The van der Waals surface area contributed by atoms with Gasteiger partial charge in [-0.2, -0.15) is 5.26 Å². The molecule has 1 amide bonds. The summed E-state index contributed by atoms with van der Waals surface area (Å²) in [6, 6.07) is 6.94. The van der Waals surface area contributed by atoms with E-state index in [4.69, 9.17) is 0 Å². The van der Waals surface area contributed by atoms with Crippen LogP contribution in [-0.2, 0) is 24.7 Å². The van der Waals surface area contributed by atoms with E-state index in [9.17, 15) is 10.1 Å². The van der Waals surface area contributed by atoms with Crippen molar-refractivity contribution >= 4 is 22.2 Å². The molecule has 1 saturated heterocycles. The summed E-state index contributed by atoms with van der Waals surface area (Å²) in [7, 11) is 2.07. The lowest BCUT2D eigenvalue weighted by Gasteiger charge is -2.21. The van der Waals surface area contributed by atoms with Crippen LogP contribution in [0.1, 0.15) is 53.4 Å². The molecule has 0 saturated carbocycles. The first kappa shape index (κ1) is 17.3. The largest absolute Gasteiger partial charge is 0.350 e. The molecule has 2 aliphatic rings. The molecule has 6 heteroatoms. The number of quaternary nitrogens is 1. The van der Waals surface area contributed by atoms with E-state index in [1.54, 1.807) is 11.3 Å². The summed E-state index contributed by atoms with van der Waals surface area (Å²) in [5.41, 5.74) is 3.18. The number of carbonyl (C=O) groups excluding carboxylic acids is 1. The van der Waals surface area contributed by atoms with Crippen LogP contribution in [0.4, 0.5) is 5.00 Å². The fraction of sp³-hybridized carbons (Fsp3) is 0.500. The smallest absolute Gasteiger partial charge is 0.280 e. The Hall–Kier alpha value is -2.10. The van der Waals surface area contributed by atoms with Crippen LogP contribution >= 0.6 is 11.3 Å². The number of nitrogens with one attached hydrogen (secondary N) is 2. The van der Waals surface area contributed by atoms with Crippen molar-refractivity contribution < 1.29 is 9.69 Å². The predicted octanol–water partition coefficient (Wildman–Crippen LogP) is 2.20. The van der Waals surface area contributed by atoms with Crippen molar-refractivity contribution in [3.05, 3.63) is 40.0 Å². The summed E-state index contributed by atoms with van der Waals surface area (Å²) < 4.78 is 2.16. The summed E-state index contributed by atoms with van der Waals surface area (Å²) in [6.07, 6.45) is 8.67. The number of nitrogens with zero attached hydrogens (tertiary/aromatic N) is 2. The molecule has 2 N–H and O–H groups in total. The van der Waals surface area contributed by atoms with Crippen LogP contribution in [-0.4, -0.2) is 23.6 Å². The van der Waals surface area contributed by atoms with Crippen molar-refractivity contribution in [1.82, 2.24) is 4.57 Å². The Morgan fingerprint density at radius 2 is 2.27 bits per heavy atom. The normalized spacial score (nSPS) is 22.0. The molecule has 136 valence electrons. The first-order valence-corrected chi connectivity index (χ1v) is 10.3. The van der Waals surface area contributed by atoms with Crippen molar-refractivity contribution in [3.63, 3.8) is 0 Å². The van der Waals surface area contributed by atoms with Crippen LogP contribution in [0.5, 0.6) is 0 Å². The van der Waals surface area contributed by atoms with Crippen molar-refractivity contribution in [3.8, 4) is 6.07 Å². The lowest BCUT2D eigenvalue weighted by Crippen LogP contribution is -3.11. The van der Waals surface area contributed by atoms with Gasteiger partial charge in [0.1, 0.15) is 17.1 Å². The first-order chi connectivity index (χ1) is 12.7. The molecule has 4 rings (SSSR count).